The van der Waals surface area contributed by atoms with Crippen LogP contribution >= 0.6 is 0 Å². The van der Waals surface area contributed by atoms with E-state index in [1.54, 1.807) is 6.07 Å². The van der Waals surface area contributed by atoms with E-state index in [1.807, 2.05) is 20.8 Å². The summed E-state index contributed by atoms with van der Waals surface area (Å²) in [5.41, 5.74) is 1.12. The first-order valence-electron chi connectivity index (χ1n) is 8.60. The molecular weight excluding hydrogens is 355 g/mol. The van der Waals surface area contributed by atoms with E-state index < -0.39 is 24.1 Å². The lowest BCUT2D eigenvalue weighted by Crippen LogP contribution is -2.43. The van der Waals surface area contributed by atoms with Gasteiger partial charge in [-0.1, -0.05) is 20.8 Å². The summed E-state index contributed by atoms with van der Waals surface area (Å²) in [6, 6.07) is 3.08. The zero-order valence-corrected chi connectivity index (χ0v) is 18.6. The fourth-order valence-electron chi connectivity index (χ4n) is 2.28. The number of aromatic nitrogens is 1. The van der Waals surface area contributed by atoms with Crippen LogP contribution in [0.15, 0.2) is 12.1 Å². The molecule has 0 aliphatic rings. The number of nitrogens with two attached hydrogens (primary N) is 1. The standard InChI is InChI=1S/C18H33FN2O2SSi/c1-13-9-10-15(19)16(21-13)14(11-18(5,6)24(20)22)12-23-25(7,8)17(2,3)4/h9-10,14H,11-12,20H2,1-8H3/t14-,24?/m1/s1. The number of nitrogens with zero attached hydrogens (tertiary/aromatic N) is 1. The van der Waals surface area contributed by atoms with E-state index in [0.29, 0.717) is 18.7 Å². The van der Waals surface area contributed by atoms with Crippen molar-refractivity contribution in [3.8, 4) is 0 Å². The number of pyridine rings is 1. The fraction of sp³-hybridized carbons (Fsp3) is 0.722. The second-order valence-electron chi connectivity index (χ2n) is 8.85. The Labute approximate surface area is 155 Å². The Morgan fingerprint density at radius 2 is 1.84 bits per heavy atom. The summed E-state index contributed by atoms with van der Waals surface area (Å²) in [5, 5.41) is 5.70. The lowest BCUT2D eigenvalue weighted by atomic mass is 9.93. The molecule has 0 saturated carbocycles. The van der Waals surface area contributed by atoms with Crippen LogP contribution in [-0.2, 0) is 15.4 Å². The molecule has 0 fully saturated rings. The maximum absolute atomic E-state index is 14.4. The summed E-state index contributed by atoms with van der Waals surface area (Å²) in [6.07, 6.45) is 0.443. The molecule has 0 saturated heterocycles. The van der Waals surface area contributed by atoms with Gasteiger partial charge in [-0.25, -0.2) is 8.60 Å². The SMILES string of the molecule is Cc1ccc(F)c([C@@H](CO[Si](C)(C)C(C)(C)C)CC(C)(C)S(N)=O)n1. The molecule has 144 valence electrons. The molecule has 7 heteroatoms. The van der Waals surface area contributed by atoms with Crippen LogP contribution < -0.4 is 5.14 Å². The van der Waals surface area contributed by atoms with Crippen LogP contribution in [0.1, 0.15) is 58.3 Å². The summed E-state index contributed by atoms with van der Waals surface area (Å²) in [6.45, 7) is 16.7. The van der Waals surface area contributed by atoms with Crippen molar-refractivity contribution >= 4 is 19.3 Å². The molecule has 0 aliphatic carbocycles. The second kappa shape index (κ2) is 7.94. The average molecular weight is 389 g/mol. The summed E-state index contributed by atoms with van der Waals surface area (Å²) < 4.78 is 32.0. The van der Waals surface area contributed by atoms with Gasteiger partial charge in [0.25, 0.3) is 0 Å². The van der Waals surface area contributed by atoms with Gasteiger partial charge < -0.3 is 4.43 Å². The second-order valence-corrected chi connectivity index (χ2v) is 15.4. The highest BCUT2D eigenvalue weighted by atomic mass is 32.2. The number of hydrogen-bond donors (Lipinski definition) is 1. The van der Waals surface area contributed by atoms with Gasteiger partial charge in [0, 0.05) is 18.2 Å². The van der Waals surface area contributed by atoms with Crippen LogP contribution in [0.2, 0.25) is 18.1 Å². The molecule has 0 spiro atoms. The summed E-state index contributed by atoms with van der Waals surface area (Å²) in [4.78, 5) is 4.40. The van der Waals surface area contributed by atoms with E-state index in [-0.39, 0.29) is 16.8 Å². The van der Waals surface area contributed by atoms with E-state index in [4.69, 9.17) is 9.56 Å². The molecule has 2 N–H and O–H groups in total. The average Bonchev–Trinajstić information content (AvgIpc) is 2.44. The Morgan fingerprint density at radius 3 is 2.32 bits per heavy atom. The molecule has 0 bridgehead atoms. The smallest absolute Gasteiger partial charge is 0.192 e. The molecule has 1 unspecified atom stereocenters. The number of aryl methyl sites for hydroxylation is 1. The Bertz CT molecular complexity index is 630. The minimum atomic E-state index is -1.99. The van der Waals surface area contributed by atoms with Gasteiger partial charge in [-0.15, -0.1) is 0 Å². The monoisotopic (exact) mass is 388 g/mol. The van der Waals surface area contributed by atoms with Crippen LogP contribution in [0, 0.1) is 12.7 Å². The maximum atomic E-state index is 14.4. The van der Waals surface area contributed by atoms with Crippen molar-refractivity contribution in [1.29, 1.82) is 0 Å². The van der Waals surface area contributed by atoms with Gasteiger partial charge in [0.05, 0.1) is 21.4 Å². The third-order valence-electron chi connectivity index (χ3n) is 5.13. The summed E-state index contributed by atoms with van der Waals surface area (Å²) in [5.74, 6) is -0.649. The number of rotatable bonds is 7. The molecule has 0 aliphatic heterocycles. The van der Waals surface area contributed by atoms with Crippen LogP contribution in [0.4, 0.5) is 4.39 Å². The topological polar surface area (TPSA) is 65.2 Å². The van der Waals surface area contributed by atoms with Crippen LogP contribution in [-0.4, -0.2) is 28.9 Å². The predicted octanol–water partition coefficient (Wildman–Crippen LogP) is 4.43. The van der Waals surface area contributed by atoms with Gasteiger partial charge in [0.1, 0.15) is 5.82 Å². The molecule has 2 atom stereocenters. The van der Waals surface area contributed by atoms with Gasteiger partial charge in [0.2, 0.25) is 0 Å². The Morgan fingerprint density at radius 1 is 1.28 bits per heavy atom. The number of hydrogen-bond acceptors (Lipinski definition) is 3. The van der Waals surface area contributed by atoms with Crippen LogP contribution in [0.5, 0.6) is 0 Å². The lowest BCUT2D eigenvalue weighted by Gasteiger charge is -2.38. The normalized spacial score (nSPS) is 15.9. The van der Waals surface area contributed by atoms with Crippen molar-refractivity contribution in [2.24, 2.45) is 5.14 Å². The fourth-order valence-corrected chi connectivity index (χ4v) is 3.70. The first kappa shape index (κ1) is 22.4. The van der Waals surface area contributed by atoms with Gasteiger partial charge in [-0.05, 0) is 57.5 Å². The third kappa shape index (κ3) is 5.94. The van der Waals surface area contributed by atoms with Gasteiger partial charge in [0.15, 0.2) is 8.32 Å². The zero-order chi connectivity index (χ0) is 19.6. The molecular formula is C18H33FN2O2SSi. The molecule has 1 heterocycles. The van der Waals surface area contributed by atoms with Crippen molar-refractivity contribution < 1.29 is 13.0 Å². The van der Waals surface area contributed by atoms with Crippen molar-refractivity contribution in [3.05, 3.63) is 29.3 Å². The Balaban J connectivity index is 3.16. The highest BCUT2D eigenvalue weighted by Crippen LogP contribution is 2.38. The van der Waals surface area contributed by atoms with E-state index in [9.17, 15) is 8.60 Å². The molecule has 1 aromatic heterocycles. The quantitative estimate of drug-likeness (QED) is 0.703. The minimum Gasteiger partial charge on any atom is -0.416 e. The van der Waals surface area contributed by atoms with Crippen molar-refractivity contribution in [2.45, 2.75) is 76.8 Å². The molecule has 0 amide bonds. The third-order valence-corrected chi connectivity index (χ3v) is 10.9. The number of halogens is 1. The first-order chi connectivity index (χ1) is 11.2. The maximum Gasteiger partial charge on any atom is 0.192 e. The molecule has 1 aromatic rings. The van der Waals surface area contributed by atoms with E-state index in [2.05, 4.69) is 38.8 Å². The molecule has 4 nitrogen and oxygen atoms in total. The molecule has 0 aromatic carbocycles. The Kier molecular flexibility index (Phi) is 7.12. The lowest BCUT2D eigenvalue weighted by molar-refractivity contribution is 0.245. The van der Waals surface area contributed by atoms with Crippen molar-refractivity contribution in [2.75, 3.05) is 6.61 Å². The molecule has 0 radical (unpaired) electrons. The van der Waals surface area contributed by atoms with Crippen molar-refractivity contribution in [3.63, 3.8) is 0 Å². The molecule has 25 heavy (non-hydrogen) atoms. The Hall–Kier alpha value is -0.633. The highest BCUT2D eigenvalue weighted by Gasteiger charge is 2.39. The first-order valence-corrected chi connectivity index (χ1v) is 12.7. The minimum absolute atomic E-state index is 0.0579. The summed E-state index contributed by atoms with van der Waals surface area (Å²) >= 11 is 0. The van der Waals surface area contributed by atoms with Crippen LogP contribution in [0.3, 0.4) is 0 Å². The van der Waals surface area contributed by atoms with Gasteiger partial charge >= 0.3 is 0 Å². The summed E-state index contributed by atoms with van der Waals surface area (Å²) in [7, 11) is -3.51. The van der Waals surface area contributed by atoms with Gasteiger partial charge in [-0.3, -0.25) is 10.1 Å². The van der Waals surface area contributed by atoms with E-state index in [1.165, 1.54) is 6.07 Å². The zero-order valence-electron chi connectivity index (χ0n) is 16.8. The van der Waals surface area contributed by atoms with Crippen LogP contribution in [0.25, 0.3) is 0 Å². The van der Waals surface area contributed by atoms with E-state index in [0.717, 1.165) is 5.69 Å². The van der Waals surface area contributed by atoms with Gasteiger partial charge in [-0.2, -0.15) is 0 Å². The molecule has 1 rings (SSSR count). The predicted molar refractivity (Wildman–Crippen MR) is 106 cm³/mol. The highest BCUT2D eigenvalue weighted by molar-refractivity contribution is 7.84. The largest absolute Gasteiger partial charge is 0.416 e. The van der Waals surface area contributed by atoms with E-state index >= 15 is 0 Å². The van der Waals surface area contributed by atoms with Crippen molar-refractivity contribution in [1.82, 2.24) is 4.98 Å².